The Bertz CT molecular complexity index is 1430. The summed E-state index contributed by atoms with van der Waals surface area (Å²) in [5.74, 6) is 2.03. The fourth-order valence-electron chi connectivity index (χ4n) is 5.10. The van der Waals surface area contributed by atoms with Gasteiger partial charge in [0.1, 0.15) is 16.9 Å². The summed E-state index contributed by atoms with van der Waals surface area (Å²) in [6.07, 6.45) is 5.41. The molecule has 0 atom stereocenters. The third kappa shape index (κ3) is 4.68. The number of carbonyl (C=O) groups excluding carboxylic acids is 2. The molecule has 1 aliphatic heterocycles. The number of ether oxygens (including phenoxy) is 1. The number of aromatic nitrogens is 4. The lowest BCUT2D eigenvalue weighted by Crippen LogP contribution is -2.26. The number of benzene rings is 1. The van der Waals surface area contributed by atoms with Crippen molar-refractivity contribution in [3.8, 4) is 5.75 Å². The number of hydrogen-bond acceptors (Lipinski definition) is 5. The van der Waals surface area contributed by atoms with Gasteiger partial charge < -0.3 is 14.2 Å². The van der Waals surface area contributed by atoms with Gasteiger partial charge in [-0.25, -0.2) is 9.97 Å². The molecule has 0 N–H and O–H groups in total. The Balaban J connectivity index is 1.63. The van der Waals surface area contributed by atoms with Gasteiger partial charge in [0.05, 0.1) is 11.0 Å². The van der Waals surface area contributed by atoms with Gasteiger partial charge in [-0.2, -0.15) is 0 Å². The zero-order valence-electron chi connectivity index (χ0n) is 21.7. The van der Waals surface area contributed by atoms with Crippen molar-refractivity contribution in [2.45, 2.75) is 66.3 Å². The Labute approximate surface area is 211 Å². The fraction of sp³-hybridized carbons (Fsp3) is 0.500. The molecule has 4 heterocycles. The maximum atomic E-state index is 12.7. The molecule has 0 spiro atoms. The van der Waals surface area contributed by atoms with E-state index < -0.39 is 0 Å². The molecule has 1 saturated heterocycles. The van der Waals surface area contributed by atoms with Crippen molar-refractivity contribution >= 4 is 39.6 Å². The number of nitrogens with zero attached hydrogens (tertiary/aromatic N) is 5. The molecule has 4 aromatic rings. The number of rotatable bonds is 9. The molecule has 3 aromatic heterocycles. The highest BCUT2D eigenvalue weighted by molar-refractivity contribution is 6.01. The van der Waals surface area contributed by atoms with Crippen LogP contribution in [0.4, 0.5) is 0 Å². The van der Waals surface area contributed by atoms with Crippen molar-refractivity contribution in [3.05, 3.63) is 36.3 Å². The molecule has 0 saturated carbocycles. The van der Waals surface area contributed by atoms with Crippen molar-refractivity contribution in [2.75, 3.05) is 13.1 Å². The second-order valence-electron chi connectivity index (χ2n) is 10.7. The van der Waals surface area contributed by atoms with E-state index >= 15 is 0 Å². The highest BCUT2D eigenvalue weighted by Gasteiger charge is 2.24. The van der Waals surface area contributed by atoms with Crippen LogP contribution in [0.5, 0.6) is 5.75 Å². The average Bonchev–Trinajstić information content (AvgIpc) is 3.48. The van der Waals surface area contributed by atoms with Gasteiger partial charge >= 0.3 is 5.97 Å². The van der Waals surface area contributed by atoms with E-state index in [-0.39, 0.29) is 17.8 Å². The predicted molar refractivity (Wildman–Crippen MR) is 140 cm³/mol. The van der Waals surface area contributed by atoms with Crippen LogP contribution >= 0.6 is 0 Å². The minimum Gasteiger partial charge on any atom is -0.424 e. The number of imidazole rings is 1. The molecule has 1 aromatic carbocycles. The van der Waals surface area contributed by atoms with Crippen LogP contribution in [0.15, 0.2) is 30.5 Å². The van der Waals surface area contributed by atoms with Crippen molar-refractivity contribution in [1.82, 2.24) is 23.8 Å². The predicted octanol–water partition coefficient (Wildman–Crippen LogP) is 5.00. The van der Waals surface area contributed by atoms with E-state index in [1.54, 1.807) is 0 Å². The van der Waals surface area contributed by atoms with Gasteiger partial charge in [0.2, 0.25) is 5.91 Å². The van der Waals surface area contributed by atoms with Crippen molar-refractivity contribution < 1.29 is 14.3 Å². The van der Waals surface area contributed by atoms with Crippen molar-refractivity contribution in [1.29, 1.82) is 0 Å². The molecule has 8 nitrogen and oxygen atoms in total. The number of para-hydroxylation sites is 2. The monoisotopic (exact) mass is 489 g/mol. The van der Waals surface area contributed by atoms with Gasteiger partial charge in [0, 0.05) is 45.1 Å². The molecule has 5 rings (SSSR count). The summed E-state index contributed by atoms with van der Waals surface area (Å²) >= 11 is 0. The number of likely N-dealkylation sites (tertiary alicyclic amines) is 1. The standard InChI is InChI=1S/C28H35N5O3/c1-18(2)15-23-30-27-26(28-29-20-9-5-6-10-21(20)33(23)28)22(36-25(35)16-19(3)4)17-32(27)14-8-13-31-12-7-11-24(31)34/h5-6,9-10,17-19H,7-8,11-16H2,1-4H3. The molecule has 0 aliphatic carbocycles. The number of carbonyl (C=O) groups is 2. The van der Waals surface area contributed by atoms with Gasteiger partial charge in [-0.3, -0.25) is 14.0 Å². The second-order valence-corrected chi connectivity index (χ2v) is 10.7. The summed E-state index contributed by atoms with van der Waals surface area (Å²) in [4.78, 5) is 36.8. The summed E-state index contributed by atoms with van der Waals surface area (Å²) in [6.45, 7) is 10.6. The first-order valence-corrected chi connectivity index (χ1v) is 13.1. The van der Waals surface area contributed by atoms with Crippen LogP contribution in [0.1, 0.15) is 59.2 Å². The normalized spacial score (nSPS) is 14.4. The molecule has 36 heavy (non-hydrogen) atoms. The summed E-state index contributed by atoms with van der Waals surface area (Å²) in [5, 5.41) is 0.757. The quantitative estimate of drug-likeness (QED) is 0.309. The first kappa shape index (κ1) is 24.3. The Morgan fingerprint density at radius 3 is 2.58 bits per heavy atom. The van der Waals surface area contributed by atoms with E-state index in [9.17, 15) is 9.59 Å². The fourth-order valence-corrected chi connectivity index (χ4v) is 5.10. The van der Waals surface area contributed by atoms with Crippen LogP contribution in [0.2, 0.25) is 0 Å². The summed E-state index contributed by atoms with van der Waals surface area (Å²) in [6, 6.07) is 8.05. The Morgan fingerprint density at radius 2 is 1.86 bits per heavy atom. The number of esters is 1. The maximum absolute atomic E-state index is 12.7. The van der Waals surface area contributed by atoms with Gasteiger partial charge in [0.25, 0.3) is 0 Å². The van der Waals surface area contributed by atoms with Crippen molar-refractivity contribution in [2.24, 2.45) is 11.8 Å². The zero-order chi connectivity index (χ0) is 25.4. The van der Waals surface area contributed by atoms with Gasteiger partial charge in [-0.1, -0.05) is 39.8 Å². The Hall–Kier alpha value is -3.42. The molecule has 190 valence electrons. The minimum atomic E-state index is -0.257. The van der Waals surface area contributed by atoms with E-state index in [0.717, 1.165) is 65.9 Å². The molecule has 8 heteroatoms. The maximum Gasteiger partial charge on any atom is 0.311 e. The Morgan fingerprint density at radius 1 is 1.06 bits per heavy atom. The third-order valence-corrected chi connectivity index (χ3v) is 6.68. The summed E-state index contributed by atoms with van der Waals surface area (Å²) in [5.41, 5.74) is 3.42. The smallest absolute Gasteiger partial charge is 0.311 e. The van der Waals surface area contributed by atoms with E-state index in [0.29, 0.717) is 31.1 Å². The Kier molecular flexibility index (Phi) is 6.69. The summed E-state index contributed by atoms with van der Waals surface area (Å²) in [7, 11) is 0. The number of amides is 1. The van der Waals surface area contributed by atoms with Crippen LogP contribution in [0, 0.1) is 11.8 Å². The van der Waals surface area contributed by atoms with Crippen molar-refractivity contribution in [3.63, 3.8) is 0 Å². The van der Waals surface area contributed by atoms with Gasteiger partial charge in [0.15, 0.2) is 11.4 Å². The van der Waals surface area contributed by atoms with E-state index in [4.69, 9.17) is 14.7 Å². The van der Waals surface area contributed by atoms with Crippen LogP contribution < -0.4 is 4.74 Å². The molecule has 1 amide bonds. The minimum absolute atomic E-state index is 0.202. The van der Waals surface area contributed by atoms with Crippen LogP contribution in [0.25, 0.3) is 27.7 Å². The van der Waals surface area contributed by atoms with Gasteiger partial charge in [-0.05, 0) is 36.8 Å². The molecule has 1 aliphatic rings. The van der Waals surface area contributed by atoms with Crippen LogP contribution in [-0.4, -0.2) is 48.8 Å². The lowest BCUT2D eigenvalue weighted by Gasteiger charge is -2.15. The number of hydrogen-bond donors (Lipinski definition) is 0. The summed E-state index contributed by atoms with van der Waals surface area (Å²) < 4.78 is 10.1. The highest BCUT2D eigenvalue weighted by atomic mass is 16.5. The first-order chi connectivity index (χ1) is 17.3. The highest BCUT2D eigenvalue weighted by Crippen LogP contribution is 2.34. The van der Waals surface area contributed by atoms with E-state index in [1.807, 2.05) is 43.1 Å². The van der Waals surface area contributed by atoms with Gasteiger partial charge in [-0.15, -0.1) is 0 Å². The van der Waals surface area contributed by atoms with Crippen LogP contribution in [0.3, 0.4) is 0 Å². The SMILES string of the molecule is CC(C)CC(=O)Oc1cn(CCCN2CCCC2=O)c2nc(CC(C)C)n3c4ccccc4nc3c12. The molecular formula is C28H35N5O3. The van der Waals surface area contributed by atoms with Crippen LogP contribution in [-0.2, 0) is 22.6 Å². The van der Waals surface area contributed by atoms with E-state index in [2.05, 4.69) is 28.9 Å². The molecule has 0 bridgehead atoms. The lowest BCUT2D eigenvalue weighted by atomic mass is 10.1. The average molecular weight is 490 g/mol. The molecule has 0 unspecified atom stereocenters. The zero-order valence-corrected chi connectivity index (χ0v) is 21.7. The number of fused-ring (bicyclic) bond motifs is 5. The second kappa shape index (κ2) is 9.91. The molecule has 0 radical (unpaired) electrons. The topological polar surface area (TPSA) is 81.7 Å². The number of aryl methyl sites for hydroxylation is 1. The first-order valence-electron chi connectivity index (χ1n) is 13.1. The molecular weight excluding hydrogens is 454 g/mol. The van der Waals surface area contributed by atoms with E-state index in [1.165, 1.54) is 0 Å². The third-order valence-electron chi connectivity index (χ3n) is 6.68. The largest absolute Gasteiger partial charge is 0.424 e. The molecule has 1 fully saturated rings. The lowest BCUT2D eigenvalue weighted by molar-refractivity contribution is -0.135.